The molecule has 0 aliphatic carbocycles. The number of nitrogens with zero attached hydrogens (tertiary/aromatic N) is 3. The number of rotatable bonds is 6. The van der Waals surface area contributed by atoms with Crippen molar-refractivity contribution in [1.82, 2.24) is 15.0 Å². The molecule has 0 unspecified atom stereocenters. The Morgan fingerprint density at radius 2 is 1.45 bits per heavy atom. The van der Waals surface area contributed by atoms with E-state index in [4.69, 9.17) is 0 Å². The predicted molar refractivity (Wildman–Crippen MR) is 130 cm³/mol. The van der Waals surface area contributed by atoms with Crippen molar-refractivity contribution in [3.63, 3.8) is 0 Å². The molecule has 8 nitrogen and oxygen atoms in total. The zero-order valence-electron chi connectivity index (χ0n) is 18.3. The van der Waals surface area contributed by atoms with Crippen LogP contribution < -0.4 is 16.0 Å². The SMILES string of the molecule is Cc1cc(C)nc(Nc2cccc(C(=O)Nc3nc(C)c(C(=O)Nc4ccccc4)s3)c2)n1. The van der Waals surface area contributed by atoms with E-state index < -0.39 is 0 Å². The fraction of sp³-hybridized carbons (Fsp3) is 0.125. The average molecular weight is 459 g/mol. The Morgan fingerprint density at radius 1 is 0.758 bits per heavy atom. The maximum atomic E-state index is 12.8. The average Bonchev–Trinajstić information content (AvgIpc) is 3.14. The minimum absolute atomic E-state index is 0.267. The maximum absolute atomic E-state index is 12.8. The summed E-state index contributed by atoms with van der Waals surface area (Å²) in [4.78, 5) is 38.9. The van der Waals surface area contributed by atoms with Crippen LogP contribution in [0.1, 0.15) is 37.1 Å². The van der Waals surface area contributed by atoms with Gasteiger partial charge in [0.2, 0.25) is 5.95 Å². The number of amides is 2. The fourth-order valence-electron chi connectivity index (χ4n) is 3.19. The summed E-state index contributed by atoms with van der Waals surface area (Å²) in [5.41, 5.74) is 4.07. The van der Waals surface area contributed by atoms with Crippen molar-refractivity contribution in [1.29, 1.82) is 0 Å². The topological polar surface area (TPSA) is 109 Å². The summed E-state index contributed by atoms with van der Waals surface area (Å²) in [6.45, 7) is 5.53. The van der Waals surface area contributed by atoms with E-state index in [1.54, 1.807) is 37.3 Å². The summed E-state index contributed by atoms with van der Waals surface area (Å²) < 4.78 is 0. The van der Waals surface area contributed by atoms with Gasteiger partial charge in [0.15, 0.2) is 5.13 Å². The summed E-state index contributed by atoms with van der Waals surface area (Å²) in [5.74, 6) is -0.130. The Hall–Kier alpha value is -4.11. The molecule has 0 spiro atoms. The zero-order valence-corrected chi connectivity index (χ0v) is 19.2. The molecule has 0 saturated carbocycles. The van der Waals surface area contributed by atoms with Gasteiger partial charge in [-0.15, -0.1) is 0 Å². The zero-order chi connectivity index (χ0) is 23.4. The van der Waals surface area contributed by atoms with Gasteiger partial charge in [-0.2, -0.15) is 0 Å². The van der Waals surface area contributed by atoms with Crippen LogP contribution in [0.3, 0.4) is 0 Å². The fourth-order valence-corrected chi connectivity index (χ4v) is 4.05. The number of aromatic nitrogens is 3. The highest BCUT2D eigenvalue weighted by Crippen LogP contribution is 2.25. The third kappa shape index (κ3) is 5.58. The number of thiazole rings is 1. The van der Waals surface area contributed by atoms with E-state index in [1.807, 2.05) is 44.2 Å². The second-order valence-electron chi connectivity index (χ2n) is 7.39. The van der Waals surface area contributed by atoms with Crippen LogP contribution in [0.25, 0.3) is 0 Å². The highest BCUT2D eigenvalue weighted by Gasteiger charge is 2.17. The van der Waals surface area contributed by atoms with Gasteiger partial charge in [0.25, 0.3) is 11.8 Å². The molecule has 2 aromatic heterocycles. The number of para-hydroxylation sites is 1. The van der Waals surface area contributed by atoms with Crippen LogP contribution in [-0.2, 0) is 0 Å². The second-order valence-corrected chi connectivity index (χ2v) is 8.39. The maximum Gasteiger partial charge on any atom is 0.267 e. The van der Waals surface area contributed by atoms with Crippen LogP contribution in [0, 0.1) is 20.8 Å². The van der Waals surface area contributed by atoms with E-state index >= 15 is 0 Å². The number of carbonyl (C=O) groups excluding carboxylic acids is 2. The summed E-state index contributed by atoms with van der Waals surface area (Å²) in [5, 5.41) is 9.09. The van der Waals surface area contributed by atoms with Gasteiger partial charge in [-0.1, -0.05) is 35.6 Å². The molecule has 166 valence electrons. The lowest BCUT2D eigenvalue weighted by Crippen LogP contribution is -2.12. The van der Waals surface area contributed by atoms with Gasteiger partial charge in [-0.05, 0) is 57.2 Å². The lowest BCUT2D eigenvalue weighted by Gasteiger charge is -2.08. The first-order valence-corrected chi connectivity index (χ1v) is 11.0. The molecule has 33 heavy (non-hydrogen) atoms. The molecule has 2 amide bonds. The molecule has 3 N–H and O–H groups in total. The van der Waals surface area contributed by atoms with Crippen molar-refractivity contribution >= 4 is 45.6 Å². The summed E-state index contributed by atoms with van der Waals surface area (Å²) >= 11 is 1.13. The molecule has 0 bridgehead atoms. The monoisotopic (exact) mass is 458 g/mol. The molecular formula is C24H22N6O2S. The third-order valence-electron chi connectivity index (χ3n) is 4.62. The molecule has 4 rings (SSSR count). The van der Waals surface area contributed by atoms with Crippen molar-refractivity contribution in [2.75, 3.05) is 16.0 Å². The Labute approximate surface area is 195 Å². The van der Waals surface area contributed by atoms with Gasteiger partial charge in [0, 0.05) is 28.3 Å². The molecule has 0 radical (unpaired) electrons. The van der Waals surface area contributed by atoms with E-state index in [0.717, 1.165) is 22.7 Å². The largest absolute Gasteiger partial charge is 0.324 e. The normalized spacial score (nSPS) is 10.5. The van der Waals surface area contributed by atoms with Crippen molar-refractivity contribution in [2.45, 2.75) is 20.8 Å². The van der Waals surface area contributed by atoms with Gasteiger partial charge in [0.1, 0.15) is 4.88 Å². The van der Waals surface area contributed by atoms with Crippen molar-refractivity contribution < 1.29 is 9.59 Å². The second kappa shape index (κ2) is 9.58. The van der Waals surface area contributed by atoms with E-state index in [-0.39, 0.29) is 11.8 Å². The third-order valence-corrected chi connectivity index (χ3v) is 5.69. The van der Waals surface area contributed by atoms with Crippen molar-refractivity contribution in [3.05, 3.63) is 88.2 Å². The lowest BCUT2D eigenvalue weighted by molar-refractivity contribution is 0.102. The van der Waals surface area contributed by atoms with Crippen molar-refractivity contribution in [3.8, 4) is 0 Å². The van der Waals surface area contributed by atoms with Crippen molar-refractivity contribution in [2.24, 2.45) is 0 Å². The smallest absolute Gasteiger partial charge is 0.267 e. The molecule has 0 aliphatic rings. The first-order valence-electron chi connectivity index (χ1n) is 10.2. The first kappa shape index (κ1) is 22.1. The van der Waals surface area contributed by atoms with Crippen LogP contribution in [-0.4, -0.2) is 26.8 Å². The summed E-state index contributed by atoms with van der Waals surface area (Å²) in [6, 6.07) is 18.1. The quantitative estimate of drug-likeness (QED) is 0.371. The Morgan fingerprint density at radius 3 is 2.18 bits per heavy atom. The molecule has 4 aromatic rings. The number of carbonyl (C=O) groups is 2. The summed E-state index contributed by atoms with van der Waals surface area (Å²) in [6.07, 6.45) is 0. The highest BCUT2D eigenvalue weighted by molar-refractivity contribution is 7.17. The molecule has 0 saturated heterocycles. The number of anilines is 4. The summed E-state index contributed by atoms with van der Waals surface area (Å²) in [7, 11) is 0. The number of nitrogens with one attached hydrogen (secondary N) is 3. The molecule has 0 atom stereocenters. The number of hydrogen-bond donors (Lipinski definition) is 3. The number of hydrogen-bond acceptors (Lipinski definition) is 7. The first-order chi connectivity index (χ1) is 15.9. The predicted octanol–water partition coefficient (Wildman–Crippen LogP) is 5.11. The van der Waals surface area contributed by atoms with Gasteiger partial charge in [-0.3, -0.25) is 14.9 Å². The Kier molecular flexibility index (Phi) is 6.41. The van der Waals surface area contributed by atoms with E-state index in [0.29, 0.717) is 38.6 Å². The van der Waals surface area contributed by atoms with Gasteiger partial charge in [-0.25, -0.2) is 15.0 Å². The van der Waals surface area contributed by atoms with Gasteiger partial charge < -0.3 is 10.6 Å². The molecule has 2 aromatic carbocycles. The van der Waals surface area contributed by atoms with E-state index in [1.165, 1.54) is 0 Å². The van der Waals surface area contributed by atoms with E-state index in [2.05, 4.69) is 30.9 Å². The Balaban J connectivity index is 1.46. The van der Waals surface area contributed by atoms with E-state index in [9.17, 15) is 9.59 Å². The minimum Gasteiger partial charge on any atom is -0.324 e. The van der Waals surface area contributed by atoms with Crippen LogP contribution in [0.4, 0.5) is 22.5 Å². The van der Waals surface area contributed by atoms with Crippen LogP contribution in [0.2, 0.25) is 0 Å². The van der Waals surface area contributed by atoms with Crippen LogP contribution in [0.5, 0.6) is 0 Å². The molecular weight excluding hydrogens is 436 g/mol. The van der Waals surface area contributed by atoms with Crippen LogP contribution >= 0.6 is 11.3 Å². The molecule has 9 heteroatoms. The molecule has 0 fully saturated rings. The highest BCUT2D eigenvalue weighted by atomic mass is 32.1. The number of benzene rings is 2. The number of aryl methyl sites for hydroxylation is 3. The van der Waals surface area contributed by atoms with Gasteiger partial charge >= 0.3 is 0 Å². The van der Waals surface area contributed by atoms with Crippen LogP contribution in [0.15, 0.2) is 60.7 Å². The molecule has 0 aliphatic heterocycles. The minimum atomic E-state index is -0.330. The molecule has 2 heterocycles. The lowest BCUT2D eigenvalue weighted by atomic mass is 10.2. The Bertz CT molecular complexity index is 1300. The van der Waals surface area contributed by atoms with Gasteiger partial charge in [0.05, 0.1) is 5.69 Å². The standard InChI is InChI=1S/C24H22N6O2S/c1-14-12-15(2)26-23(25-14)29-19-11-7-8-17(13-19)21(31)30-24-27-16(3)20(33-24)22(32)28-18-9-5-4-6-10-18/h4-13H,1-3H3,(H,28,32)(H,25,26,29)(H,27,30,31).